The number of methoxy groups -OCH3 is 1. The van der Waals surface area contributed by atoms with Crippen molar-refractivity contribution >= 4 is 34.9 Å². The minimum Gasteiger partial charge on any atom is -0.495 e. The third-order valence-corrected chi connectivity index (χ3v) is 5.88. The van der Waals surface area contributed by atoms with Crippen LogP contribution in [0.5, 0.6) is 5.75 Å². The summed E-state index contributed by atoms with van der Waals surface area (Å²) in [6.07, 6.45) is 0. The van der Waals surface area contributed by atoms with Crippen LogP contribution in [-0.2, 0) is 16.1 Å². The number of rotatable bonds is 9. The Hall–Kier alpha value is -3.80. The van der Waals surface area contributed by atoms with Gasteiger partial charge in [0.15, 0.2) is 0 Å². The molecule has 2 N–H and O–H groups in total. The minimum atomic E-state index is -0.330. The number of halogens is 1. The molecule has 3 aromatic rings. The number of aromatic nitrogens is 1. The van der Waals surface area contributed by atoms with E-state index in [0.717, 1.165) is 16.8 Å². The van der Waals surface area contributed by atoms with Gasteiger partial charge in [-0.05, 0) is 50.2 Å². The number of carbonyl (C=O) groups excluding carboxylic acids is 2. The third kappa shape index (κ3) is 6.41. The average molecular weight is 494 g/mol. The molecule has 3 rings (SSSR count). The van der Waals surface area contributed by atoms with Gasteiger partial charge in [-0.25, -0.2) is 0 Å². The summed E-state index contributed by atoms with van der Waals surface area (Å²) in [7, 11) is 3.17. The first-order valence-corrected chi connectivity index (χ1v) is 11.4. The van der Waals surface area contributed by atoms with Crippen LogP contribution >= 0.6 is 11.6 Å². The normalized spacial score (nSPS) is 10.7. The number of carbonyl (C=O) groups is 2. The molecule has 2 amide bonds. The standard InChI is InChI=1S/C26H28ClN5O3/c1-17-18(2)32(14-19-8-6-5-7-9-19)26(21(17)13-28)30-25(34)16-31(3)15-24(33)29-22-12-20(27)10-11-23(22)35-4/h5-12H,14-16H2,1-4H3,(H,29,33)(H,30,34). The molecular formula is C26H28ClN5O3. The van der Waals surface area contributed by atoms with Crippen LogP contribution in [0.4, 0.5) is 11.5 Å². The molecule has 1 aromatic heterocycles. The molecule has 0 aliphatic heterocycles. The van der Waals surface area contributed by atoms with E-state index in [2.05, 4.69) is 16.7 Å². The van der Waals surface area contributed by atoms with Crippen LogP contribution in [0.3, 0.4) is 0 Å². The van der Waals surface area contributed by atoms with Crippen LogP contribution < -0.4 is 15.4 Å². The molecule has 0 bridgehead atoms. The summed E-state index contributed by atoms with van der Waals surface area (Å²) in [5.41, 5.74) is 3.66. The van der Waals surface area contributed by atoms with Gasteiger partial charge in [-0.15, -0.1) is 0 Å². The lowest BCUT2D eigenvalue weighted by Gasteiger charge is -2.18. The molecule has 0 saturated heterocycles. The van der Waals surface area contributed by atoms with Gasteiger partial charge in [0.25, 0.3) is 0 Å². The number of amides is 2. The fourth-order valence-electron chi connectivity index (χ4n) is 3.78. The second-order valence-corrected chi connectivity index (χ2v) is 8.67. The van der Waals surface area contributed by atoms with Crippen molar-refractivity contribution in [2.75, 3.05) is 37.9 Å². The maximum absolute atomic E-state index is 12.9. The molecule has 1 heterocycles. The predicted molar refractivity (Wildman–Crippen MR) is 137 cm³/mol. The number of benzene rings is 2. The zero-order valence-electron chi connectivity index (χ0n) is 20.2. The number of nitrogens with zero attached hydrogens (tertiary/aromatic N) is 3. The summed E-state index contributed by atoms with van der Waals surface area (Å²) in [4.78, 5) is 27.0. The summed E-state index contributed by atoms with van der Waals surface area (Å²) in [6.45, 7) is 4.24. The van der Waals surface area contributed by atoms with Gasteiger partial charge >= 0.3 is 0 Å². The highest BCUT2D eigenvalue weighted by atomic mass is 35.5. The maximum atomic E-state index is 12.9. The molecule has 35 heavy (non-hydrogen) atoms. The van der Waals surface area contributed by atoms with E-state index in [9.17, 15) is 14.9 Å². The summed E-state index contributed by atoms with van der Waals surface area (Å²) < 4.78 is 7.17. The van der Waals surface area contributed by atoms with Gasteiger partial charge in [0.05, 0.1) is 31.5 Å². The summed E-state index contributed by atoms with van der Waals surface area (Å²) in [5, 5.41) is 15.8. The molecule has 0 atom stereocenters. The van der Waals surface area contributed by atoms with E-state index < -0.39 is 0 Å². The lowest BCUT2D eigenvalue weighted by atomic mass is 10.2. The Morgan fingerprint density at radius 3 is 2.37 bits per heavy atom. The molecule has 2 aromatic carbocycles. The van der Waals surface area contributed by atoms with Gasteiger partial charge in [0, 0.05) is 17.3 Å². The quantitative estimate of drug-likeness (QED) is 0.465. The minimum absolute atomic E-state index is 0.0305. The number of nitrogens with one attached hydrogen (secondary N) is 2. The number of hydrogen-bond acceptors (Lipinski definition) is 5. The van der Waals surface area contributed by atoms with Crippen LogP contribution in [0.2, 0.25) is 5.02 Å². The van der Waals surface area contributed by atoms with Gasteiger partial charge in [-0.2, -0.15) is 5.26 Å². The van der Waals surface area contributed by atoms with Crippen LogP contribution in [0.1, 0.15) is 22.4 Å². The molecular weight excluding hydrogens is 466 g/mol. The number of likely N-dealkylation sites (N-methyl/N-ethyl adjacent to an activating group) is 1. The topological polar surface area (TPSA) is 99.4 Å². The summed E-state index contributed by atoms with van der Waals surface area (Å²) >= 11 is 6.02. The van der Waals surface area contributed by atoms with E-state index >= 15 is 0 Å². The number of hydrogen-bond donors (Lipinski definition) is 2. The Bertz CT molecular complexity index is 1260. The largest absolute Gasteiger partial charge is 0.495 e. The fourth-order valence-corrected chi connectivity index (χ4v) is 3.95. The molecule has 0 fully saturated rings. The summed E-state index contributed by atoms with van der Waals surface area (Å²) in [5.74, 6) is 0.289. The van der Waals surface area contributed by atoms with E-state index in [1.165, 1.54) is 7.11 Å². The smallest absolute Gasteiger partial charge is 0.239 e. The molecule has 0 spiro atoms. The first-order valence-electron chi connectivity index (χ1n) is 11.0. The average Bonchev–Trinajstić information content (AvgIpc) is 3.03. The Kier molecular flexibility index (Phi) is 8.53. The van der Waals surface area contributed by atoms with Crippen LogP contribution in [0.25, 0.3) is 0 Å². The predicted octanol–water partition coefficient (Wildman–Crippen LogP) is 4.20. The Morgan fingerprint density at radius 1 is 1.09 bits per heavy atom. The second kappa shape index (κ2) is 11.6. The number of anilines is 2. The number of ether oxygens (including phenoxy) is 1. The van der Waals surface area contributed by atoms with Crippen molar-refractivity contribution in [2.45, 2.75) is 20.4 Å². The Morgan fingerprint density at radius 2 is 1.74 bits per heavy atom. The molecule has 0 aliphatic carbocycles. The molecule has 9 heteroatoms. The number of nitriles is 1. The lowest BCUT2D eigenvalue weighted by Crippen LogP contribution is -2.36. The van der Waals surface area contributed by atoms with Crippen molar-refractivity contribution in [3.63, 3.8) is 0 Å². The highest BCUT2D eigenvalue weighted by Crippen LogP contribution is 2.28. The molecule has 8 nitrogen and oxygen atoms in total. The Labute approximate surface area is 210 Å². The molecule has 0 aliphatic rings. The molecule has 0 saturated carbocycles. The monoisotopic (exact) mass is 493 g/mol. The molecule has 182 valence electrons. The zero-order valence-corrected chi connectivity index (χ0v) is 20.9. The van der Waals surface area contributed by atoms with Crippen molar-refractivity contribution in [1.82, 2.24) is 9.47 Å². The fraction of sp³-hybridized carbons (Fsp3) is 0.269. The van der Waals surface area contributed by atoms with E-state index in [-0.39, 0.29) is 24.9 Å². The van der Waals surface area contributed by atoms with E-state index in [4.69, 9.17) is 16.3 Å². The lowest BCUT2D eigenvalue weighted by molar-refractivity contribution is -0.119. The van der Waals surface area contributed by atoms with Crippen molar-refractivity contribution in [3.05, 3.63) is 75.9 Å². The van der Waals surface area contributed by atoms with Gasteiger partial charge < -0.3 is 19.9 Å². The van der Waals surface area contributed by atoms with Crippen molar-refractivity contribution in [3.8, 4) is 11.8 Å². The maximum Gasteiger partial charge on any atom is 0.239 e. The van der Waals surface area contributed by atoms with Crippen LogP contribution in [0, 0.1) is 25.2 Å². The van der Waals surface area contributed by atoms with Gasteiger partial charge in [0.1, 0.15) is 17.6 Å². The first-order chi connectivity index (χ1) is 16.7. The highest BCUT2D eigenvalue weighted by molar-refractivity contribution is 6.31. The van der Waals surface area contributed by atoms with Crippen molar-refractivity contribution < 1.29 is 14.3 Å². The van der Waals surface area contributed by atoms with Crippen molar-refractivity contribution in [2.24, 2.45) is 0 Å². The molecule has 0 radical (unpaired) electrons. The highest BCUT2D eigenvalue weighted by Gasteiger charge is 2.21. The summed E-state index contributed by atoms with van der Waals surface area (Å²) in [6, 6.07) is 17.0. The SMILES string of the molecule is COc1ccc(Cl)cc1NC(=O)CN(C)CC(=O)Nc1c(C#N)c(C)c(C)n1Cc1ccccc1. The third-order valence-electron chi connectivity index (χ3n) is 5.65. The van der Waals surface area contributed by atoms with E-state index in [1.807, 2.05) is 48.7 Å². The van der Waals surface area contributed by atoms with Crippen LogP contribution in [0.15, 0.2) is 48.5 Å². The zero-order chi connectivity index (χ0) is 25.5. The van der Waals surface area contributed by atoms with Crippen molar-refractivity contribution in [1.29, 1.82) is 5.26 Å². The van der Waals surface area contributed by atoms with Gasteiger partial charge in [0.2, 0.25) is 11.8 Å². The second-order valence-electron chi connectivity index (χ2n) is 8.23. The molecule has 0 unspecified atom stereocenters. The van der Waals surface area contributed by atoms with E-state index in [0.29, 0.717) is 34.4 Å². The van der Waals surface area contributed by atoms with Gasteiger partial charge in [-0.3, -0.25) is 14.5 Å². The van der Waals surface area contributed by atoms with E-state index in [1.54, 1.807) is 30.1 Å². The Balaban J connectivity index is 1.68. The van der Waals surface area contributed by atoms with Crippen LogP contribution in [-0.4, -0.2) is 48.5 Å². The van der Waals surface area contributed by atoms with Gasteiger partial charge in [-0.1, -0.05) is 41.9 Å². The first kappa shape index (κ1) is 25.8.